The van der Waals surface area contributed by atoms with E-state index in [0.717, 1.165) is 22.9 Å². The number of carbonyl (C=O) groups excluding carboxylic acids is 1. The number of hydrogen-bond donors (Lipinski definition) is 2. The second-order valence-electron chi connectivity index (χ2n) is 5.93. The SMILES string of the molecule is Cc1cccc(C)c1Nc1cncc(C(=O)Nc2ccc(F)cc2F)c1. The van der Waals surface area contributed by atoms with Crippen molar-refractivity contribution in [1.29, 1.82) is 0 Å². The summed E-state index contributed by atoms with van der Waals surface area (Å²) in [4.78, 5) is 16.4. The van der Waals surface area contributed by atoms with Gasteiger partial charge in [-0.3, -0.25) is 9.78 Å². The number of anilines is 3. The first-order valence-corrected chi connectivity index (χ1v) is 7.99. The number of carbonyl (C=O) groups is 1. The number of nitrogens with zero attached hydrogens (tertiary/aromatic N) is 1. The smallest absolute Gasteiger partial charge is 0.257 e. The number of amides is 1. The van der Waals surface area contributed by atoms with Crippen LogP contribution in [0.1, 0.15) is 21.5 Å². The van der Waals surface area contributed by atoms with Gasteiger partial charge in [-0.05, 0) is 43.2 Å². The first-order valence-electron chi connectivity index (χ1n) is 7.99. The van der Waals surface area contributed by atoms with Crippen LogP contribution in [0.3, 0.4) is 0 Å². The fourth-order valence-corrected chi connectivity index (χ4v) is 2.57. The molecule has 1 heterocycles. The fraction of sp³-hybridized carbons (Fsp3) is 0.100. The van der Waals surface area contributed by atoms with Crippen molar-refractivity contribution < 1.29 is 13.6 Å². The van der Waals surface area contributed by atoms with Crippen LogP contribution in [-0.4, -0.2) is 10.9 Å². The molecule has 2 aromatic carbocycles. The summed E-state index contributed by atoms with van der Waals surface area (Å²) in [5.74, 6) is -2.08. The van der Waals surface area contributed by atoms with Crippen molar-refractivity contribution >= 4 is 23.0 Å². The molecule has 0 saturated carbocycles. The van der Waals surface area contributed by atoms with Crippen LogP contribution in [0.2, 0.25) is 0 Å². The molecule has 6 heteroatoms. The lowest BCUT2D eigenvalue weighted by atomic mass is 10.1. The van der Waals surface area contributed by atoms with E-state index in [-0.39, 0.29) is 11.3 Å². The Kier molecular flexibility index (Phi) is 4.93. The van der Waals surface area contributed by atoms with E-state index >= 15 is 0 Å². The van der Waals surface area contributed by atoms with Crippen LogP contribution in [0.4, 0.5) is 25.8 Å². The van der Waals surface area contributed by atoms with E-state index in [1.165, 1.54) is 12.3 Å². The third-order valence-electron chi connectivity index (χ3n) is 3.93. The zero-order valence-corrected chi connectivity index (χ0v) is 14.3. The monoisotopic (exact) mass is 353 g/mol. The van der Waals surface area contributed by atoms with E-state index in [1.54, 1.807) is 12.3 Å². The number of aromatic nitrogens is 1. The quantitative estimate of drug-likeness (QED) is 0.696. The van der Waals surface area contributed by atoms with Gasteiger partial charge in [0.25, 0.3) is 5.91 Å². The standard InChI is InChI=1S/C20H17F2N3O/c1-12-4-3-5-13(2)19(12)24-16-8-14(10-23-11-16)20(26)25-18-7-6-15(21)9-17(18)22/h3-11,24H,1-2H3,(H,25,26). The number of rotatable bonds is 4. The van der Waals surface area contributed by atoms with Crippen LogP contribution in [0.25, 0.3) is 0 Å². The Morgan fingerprint density at radius 2 is 1.73 bits per heavy atom. The molecule has 3 rings (SSSR count). The summed E-state index contributed by atoms with van der Waals surface area (Å²) in [6.45, 7) is 3.97. The van der Waals surface area contributed by atoms with Crippen molar-refractivity contribution in [2.45, 2.75) is 13.8 Å². The van der Waals surface area contributed by atoms with Gasteiger partial charge in [-0.25, -0.2) is 8.78 Å². The molecular formula is C20H17F2N3O. The Bertz CT molecular complexity index is 953. The van der Waals surface area contributed by atoms with Crippen molar-refractivity contribution in [3.63, 3.8) is 0 Å². The first-order chi connectivity index (χ1) is 12.4. The van der Waals surface area contributed by atoms with Crippen molar-refractivity contribution in [3.8, 4) is 0 Å². The molecule has 0 aliphatic heterocycles. The van der Waals surface area contributed by atoms with Gasteiger partial charge in [-0.1, -0.05) is 18.2 Å². The van der Waals surface area contributed by atoms with Gasteiger partial charge in [0.2, 0.25) is 0 Å². The maximum atomic E-state index is 13.7. The highest BCUT2D eigenvalue weighted by Crippen LogP contribution is 2.24. The number of para-hydroxylation sites is 1. The maximum Gasteiger partial charge on any atom is 0.257 e. The van der Waals surface area contributed by atoms with Gasteiger partial charge in [-0.2, -0.15) is 0 Å². The molecule has 4 nitrogen and oxygen atoms in total. The van der Waals surface area contributed by atoms with Crippen LogP contribution >= 0.6 is 0 Å². The molecule has 1 aromatic heterocycles. The van der Waals surface area contributed by atoms with Crippen molar-refractivity contribution in [2.24, 2.45) is 0 Å². The molecule has 0 bridgehead atoms. The van der Waals surface area contributed by atoms with Gasteiger partial charge in [-0.15, -0.1) is 0 Å². The number of hydrogen-bond acceptors (Lipinski definition) is 3. The van der Waals surface area contributed by atoms with E-state index in [0.29, 0.717) is 11.8 Å². The summed E-state index contributed by atoms with van der Waals surface area (Å²) < 4.78 is 26.7. The molecule has 3 aromatic rings. The molecule has 0 unspecified atom stereocenters. The summed E-state index contributed by atoms with van der Waals surface area (Å²) in [5, 5.41) is 5.67. The Balaban J connectivity index is 1.81. The minimum atomic E-state index is -0.837. The largest absolute Gasteiger partial charge is 0.354 e. The Labute approximate surface area is 149 Å². The molecule has 0 saturated heterocycles. The summed E-state index contributed by atoms with van der Waals surface area (Å²) in [6.07, 6.45) is 2.98. The molecule has 0 radical (unpaired) electrons. The second-order valence-corrected chi connectivity index (χ2v) is 5.93. The van der Waals surface area contributed by atoms with E-state index < -0.39 is 17.5 Å². The number of benzene rings is 2. The van der Waals surface area contributed by atoms with E-state index in [2.05, 4.69) is 15.6 Å². The summed E-state index contributed by atoms with van der Waals surface area (Å²) >= 11 is 0. The van der Waals surface area contributed by atoms with Crippen LogP contribution in [0, 0.1) is 25.5 Å². The average Bonchev–Trinajstić information content (AvgIpc) is 2.61. The van der Waals surface area contributed by atoms with E-state index in [4.69, 9.17) is 0 Å². The highest BCUT2D eigenvalue weighted by Gasteiger charge is 2.12. The van der Waals surface area contributed by atoms with Crippen LogP contribution in [0.5, 0.6) is 0 Å². The fourth-order valence-electron chi connectivity index (χ4n) is 2.57. The van der Waals surface area contributed by atoms with Crippen LogP contribution in [-0.2, 0) is 0 Å². The number of pyridine rings is 1. The molecule has 2 N–H and O–H groups in total. The van der Waals surface area contributed by atoms with Crippen LogP contribution in [0.15, 0.2) is 54.9 Å². The molecular weight excluding hydrogens is 336 g/mol. The van der Waals surface area contributed by atoms with E-state index in [9.17, 15) is 13.6 Å². The lowest BCUT2D eigenvalue weighted by Crippen LogP contribution is -2.13. The van der Waals surface area contributed by atoms with Crippen molar-refractivity contribution in [2.75, 3.05) is 10.6 Å². The number of aryl methyl sites for hydroxylation is 2. The lowest BCUT2D eigenvalue weighted by Gasteiger charge is -2.13. The minimum absolute atomic E-state index is 0.0930. The molecule has 0 aliphatic carbocycles. The molecule has 1 amide bonds. The molecule has 26 heavy (non-hydrogen) atoms. The van der Waals surface area contributed by atoms with Gasteiger partial charge >= 0.3 is 0 Å². The predicted octanol–water partition coefficient (Wildman–Crippen LogP) is 4.97. The molecule has 0 spiro atoms. The highest BCUT2D eigenvalue weighted by atomic mass is 19.1. The van der Waals surface area contributed by atoms with Gasteiger partial charge in [0.15, 0.2) is 0 Å². The first kappa shape index (κ1) is 17.5. The van der Waals surface area contributed by atoms with Gasteiger partial charge in [0, 0.05) is 18.0 Å². The Hall–Kier alpha value is -3.28. The van der Waals surface area contributed by atoms with Gasteiger partial charge in [0.1, 0.15) is 11.6 Å². The summed E-state index contributed by atoms with van der Waals surface area (Å²) in [5.41, 5.74) is 3.86. The lowest BCUT2D eigenvalue weighted by molar-refractivity contribution is 0.102. The molecule has 0 aliphatic rings. The Morgan fingerprint density at radius 3 is 2.42 bits per heavy atom. The van der Waals surface area contributed by atoms with E-state index in [1.807, 2.05) is 32.0 Å². The summed E-state index contributed by atoms with van der Waals surface area (Å²) in [7, 11) is 0. The van der Waals surface area contributed by atoms with Crippen LogP contribution < -0.4 is 10.6 Å². The molecule has 0 fully saturated rings. The van der Waals surface area contributed by atoms with Crippen molar-refractivity contribution in [3.05, 3.63) is 83.2 Å². The van der Waals surface area contributed by atoms with Gasteiger partial charge < -0.3 is 10.6 Å². The zero-order valence-electron chi connectivity index (χ0n) is 14.3. The zero-order chi connectivity index (χ0) is 18.7. The predicted molar refractivity (Wildman–Crippen MR) is 97.7 cm³/mol. The van der Waals surface area contributed by atoms with Gasteiger partial charge in [0.05, 0.1) is 23.1 Å². The molecule has 132 valence electrons. The third-order valence-corrected chi connectivity index (χ3v) is 3.93. The molecule has 0 atom stereocenters. The maximum absolute atomic E-state index is 13.7. The average molecular weight is 353 g/mol. The highest BCUT2D eigenvalue weighted by molar-refractivity contribution is 6.04. The van der Waals surface area contributed by atoms with Crippen molar-refractivity contribution in [1.82, 2.24) is 4.98 Å². The summed E-state index contributed by atoms with van der Waals surface area (Å²) in [6, 6.07) is 10.5. The second kappa shape index (κ2) is 7.31. The Morgan fingerprint density at radius 1 is 1.00 bits per heavy atom. The number of halogens is 2. The minimum Gasteiger partial charge on any atom is -0.354 e. The topological polar surface area (TPSA) is 54.0 Å². The number of nitrogens with one attached hydrogen (secondary N) is 2. The normalized spacial score (nSPS) is 10.5. The third kappa shape index (κ3) is 3.85.